The maximum atomic E-state index is 12.7. The average Bonchev–Trinajstić information content (AvgIpc) is 2.34. The van der Waals surface area contributed by atoms with Gasteiger partial charge in [-0.05, 0) is 25.7 Å². The summed E-state index contributed by atoms with van der Waals surface area (Å²) in [6.07, 6.45) is -4.42. The van der Waals surface area contributed by atoms with Gasteiger partial charge in [-0.1, -0.05) is 18.2 Å². The van der Waals surface area contributed by atoms with Crippen LogP contribution in [0.5, 0.6) is 0 Å². The number of rotatable bonds is 4. The third-order valence-electron chi connectivity index (χ3n) is 2.65. The van der Waals surface area contributed by atoms with Crippen molar-refractivity contribution in [1.29, 1.82) is 0 Å². The number of halogens is 3. The summed E-state index contributed by atoms with van der Waals surface area (Å²) in [5.74, 6) is -1.28. The van der Waals surface area contributed by atoms with E-state index in [2.05, 4.69) is 4.74 Å². The minimum Gasteiger partial charge on any atom is -0.469 e. The molecular weight excluding hydrogens is 259 g/mol. The van der Waals surface area contributed by atoms with E-state index < -0.39 is 23.6 Å². The Kier molecular flexibility index (Phi) is 4.94. The number of carbonyl (C=O) groups excluding carboxylic acids is 1. The molecule has 0 heterocycles. The molecule has 1 unspecified atom stereocenters. The third kappa shape index (κ3) is 4.24. The molecule has 0 saturated heterocycles. The van der Waals surface area contributed by atoms with Crippen molar-refractivity contribution >= 4 is 5.97 Å². The molecule has 6 heteroatoms. The number of methoxy groups -OCH3 is 1. The van der Waals surface area contributed by atoms with Gasteiger partial charge in [0.05, 0.1) is 18.6 Å². The fraction of sp³-hybridized carbons (Fsp3) is 0.462. The van der Waals surface area contributed by atoms with Gasteiger partial charge in [-0.15, -0.1) is 0 Å². The minimum atomic E-state index is -4.42. The van der Waals surface area contributed by atoms with Crippen LogP contribution in [0, 0.1) is 0 Å². The second-order valence-electron chi connectivity index (χ2n) is 4.46. The molecule has 1 aromatic carbocycles. The summed E-state index contributed by atoms with van der Waals surface area (Å²) in [6.45, 7) is 0.286. The number of alkyl halides is 3. The van der Waals surface area contributed by atoms with Crippen LogP contribution in [0.15, 0.2) is 24.3 Å². The SMILES string of the molecule is COC(=O)C(CN(C)C)c1cccc(C(F)(F)F)c1. The molecule has 1 aromatic rings. The highest BCUT2D eigenvalue weighted by Gasteiger charge is 2.32. The lowest BCUT2D eigenvalue weighted by Crippen LogP contribution is -2.27. The van der Waals surface area contributed by atoms with Crippen LogP contribution >= 0.6 is 0 Å². The zero-order chi connectivity index (χ0) is 14.6. The lowest BCUT2D eigenvalue weighted by Gasteiger charge is -2.20. The van der Waals surface area contributed by atoms with Crippen LogP contribution in [0.2, 0.25) is 0 Å². The fourth-order valence-electron chi connectivity index (χ4n) is 1.76. The molecule has 0 saturated carbocycles. The van der Waals surface area contributed by atoms with Crippen molar-refractivity contribution in [2.24, 2.45) is 0 Å². The van der Waals surface area contributed by atoms with E-state index in [9.17, 15) is 18.0 Å². The molecule has 0 bridgehead atoms. The number of esters is 1. The normalized spacial score (nSPS) is 13.4. The Labute approximate surface area is 110 Å². The van der Waals surface area contributed by atoms with Gasteiger partial charge in [0, 0.05) is 6.54 Å². The first-order valence-corrected chi connectivity index (χ1v) is 5.65. The summed E-state index contributed by atoms with van der Waals surface area (Å²) in [7, 11) is 4.70. The number of hydrogen-bond acceptors (Lipinski definition) is 3. The predicted molar refractivity (Wildman–Crippen MR) is 64.8 cm³/mol. The van der Waals surface area contributed by atoms with Gasteiger partial charge in [0.1, 0.15) is 0 Å². The van der Waals surface area contributed by atoms with Gasteiger partial charge in [0.15, 0.2) is 0 Å². The van der Waals surface area contributed by atoms with E-state index in [-0.39, 0.29) is 6.54 Å². The summed E-state index contributed by atoms with van der Waals surface area (Å²) >= 11 is 0. The number of hydrogen-bond donors (Lipinski definition) is 0. The molecule has 0 spiro atoms. The Morgan fingerprint density at radius 1 is 1.37 bits per heavy atom. The summed E-state index contributed by atoms with van der Waals surface area (Å²) in [6, 6.07) is 4.77. The van der Waals surface area contributed by atoms with E-state index in [1.807, 2.05) is 0 Å². The largest absolute Gasteiger partial charge is 0.469 e. The van der Waals surface area contributed by atoms with Gasteiger partial charge >= 0.3 is 12.1 Å². The molecule has 106 valence electrons. The number of ether oxygens (including phenoxy) is 1. The number of likely N-dealkylation sites (N-methyl/N-ethyl adjacent to an activating group) is 1. The van der Waals surface area contributed by atoms with Crippen molar-refractivity contribution < 1.29 is 22.7 Å². The van der Waals surface area contributed by atoms with E-state index in [1.165, 1.54) is 19.2 Å². The lowest BCUT2D eigenvalue weighted by atomic mass is 9.96. The molecule has 0 radical (unpaired) electrons. The first-order chi connectivity index (χ1) is 8.75. The van der Waals surface area contributed by atoms with Crippen LogP contribution in [0.25, 0.3) is 0 Å². The van der Waals surface area contributed by atoms with Crippen LogP contribution in [-0.2, 0) is 15.7 Å². The molecule has 3 nitrogen and oxygen atoms in total. The van der Waals surface area contributed by atoms with Gasteiger partial charge in [0.25, 0.3) is 0 Å². The molecule has 1 atom stereocenters. The molecule has 19 heavy (non-hydrogen) atoms. The first kappa shape index (κ1) is 15.5. The fourth-order valence-corrected chi connectivity index (χ4v) is 1.76. The van der Waals surface area contributed by atoms with E-state index >= 15 is 0 Å². The molecule has 0 aliphatic rings. The maximum Gasteiger partial charge on any atom is 0.416 e. The van der Waals surface area contributed by atoms with Crippen LogP contribution in [0.3, 0.4) is 0 Å². The van der Waals surface area contributed by atoms with Gasteiger partial charge in [0.2, 0.25) is 0 Å². The summed E-state index contributed by atoms with van der Waals surface area (Å²) in [5.41, 5.74) is -0.465. The highest BCUT2D eigenvalue weighted by molar-refractivity contribution is 5.78. The number of benzene rings is 1. The van der Waals surface area contributed by atoms with Crippen molar-refractivity contribution in [3.8, 4) is 0 Å². The van der Waals surface area contributed by atoms with Gasteiger partial charge in [-0.3, -0.25) is 4.79 Å². The monoisotopic (exact) mass is 275 g/mol. The van der Waals surface area contributed by atoms with Crippen LogP contribution in [0.1, 0.15) is 17.0 Å². The molecule has 0 aliphatic carbocycles. The van der Waals surface area contributed by atoms with Crippen molar-refractivity contribution in [3.05, 3.63) is 35.4 Å². The average molecular weight is 275 g/mol. The molecule has 0 fully saturated rings. The minimum absolute atomic E-state index is 0.286. The van der Waals surface area contributed by atoms with Crippen molar-refractivity contribution in [2.45, 2.75) is 12.1 Å². The molecule has 0 amide bonds. The predicted octanol–water partition coefficient (Wildman–Crippen LogP) is 2.52. The Morgan fingerprint density at radius 3 is 2.47 bits per heavy atom. The highest BCUT2D eigenvalue weighted by atomic mass is 19.4. The lowest BCUT2D eigenvalue weighted by molar-refractivity contribution is -0.143. The van der Waals surface area contributed by atoms with Crippen molar-refractivity contribution in [2.75, 3.05) is 27.7 Å². The van der Waals surface area contributed by atoms with Gasteiger partial charge < -0.3 is 9.64 Å². The van der Waals surface area contributed by atoms with Crippen molar-refractivity contribution in [3.63, 3.8) is 0 Å². The highest BCUT2D eigenvalue weighted by Crippen LogP contribution is 2.31. The second kappa shape index (κ2) is 6.06. The standard InChI is InChI=1S/C13H16F3NO2/c1-17(2)8-11(12(18)19-3)9-5-4-6-10(7-9)13(14,15)16/h4-7,11H,8H2,1-3H3. The topological polar surface area (TPSA) is 29.5 Å². The van der Waals surface area contributed by atoms with Crippen LogP contribution < -0.4 is 0 Å². The van der Waals surface area contributed by atoms with E-state index in [4.69, 9.17) is 0 Å². The molecular formula is C13H16F3NO2. The zero-order valence-electron chi connectivity index (χ0n) is 11.0. The molecule has 0 aromatic heterocycles. The quantitative estimate of drug-likeness (QED) is 0.791. The van der Waals surface area contributed by atoms with Crippen LogP contribution in [-0.4, -0.2) is 38.6 Å². The Balaban J connectivity index is 3.12. The third-order valence-corrected chi connectivity index (χ3v) is 2.65. The maximum absolute atomic E-state index is 12.7. The van der Waals surface area contributed by atoms with Crippen molar-refractivity contribution in [1.82, 2.24) is 4.90 Å². The Hall–Kier alpha value is -1.56. The summed E-state index contributed by atoms with van der Waals surface area (Å²) < 4.78 is 42.6. The second-order valence-corrected chi connectivity index (χ2v) is 4.46. The number of carbonyl (C=O) groups is 1. The number of nitrogens with zero attached hydrogens (tertiary/aromatic N) is 1. The summed E-state index contributed by atoms with van der Waals surface area (Å²) in [4.78, 5) is 13.4. The van der Waals surface area contributed by atoms with E-state index in [1.54, 1.807) is 19.0 Å². The molecule has 0 N–H and O–H groups in total. The molecule has 1 rings (SSSR count). The molecule has 0 aliphatic heterocycles. The Bertz CT molecular complexity index is 444. The summed E-state index contributed by atoms with van der Waals surface area (Å²) in [5, 5.41) is 0. The first-order valence-electron chi connectivity index (χ1n) is 5.65. The zero-order valence-corrected chi connectivity index (χ0v) is 11.0. The van der Waals surface area contributed by atoms with Gasteiger partial charge in [-0.25, -0.2) is 0 Å². The smallest absolute Gasteiger partial charge is 0.416 e. The van der Waals surface area contributed by atoms with E-state index in [0.717, 1.165) is 12.1 Å². The van der Waals surface area contributed by atoms with Crippen LogP contribution in [0.4, 0.5) is 13.2 Å². The Morgan fingerprint density at radius 2 is 2.00 bits per heavy atom. The van der Waals surface area contributed by atoms with E-state index in [0.29, 0.717) is 5.56 Å². The van der Waals surface area contributed by atoms with Gasteiger partial charge in [-0.2, -0.15) is 13.2 Å².